The van der Waals surface area contributed by atoms with Crippen LogP contribution in [0.3, 0.4) is 0 Å². The summed E-state index contributed by atoms with van der Waals surface area (Å²) in [6.07, 6.45) is 0.0266. The Morgan fingerprint density at radius 3 is 3.00 bits per heavy atom. The molecule has 0 saturated carbocycles. The van der Waals surface area contributed by atoms with E-state index in [1.54, 1.807) is 12.1 Å². The van der Waals surface area contributed by atoms with Crippen LogP contribution in [0.1, 0.15) is 5.56 Å². The Hall–Kier alpha value is -1.75. The molecule has 5 nitrogen and oxygen atoms in total. The van der Waals surface area contributed by atoms with Crippen LogP contribution in [0.25, 0.3) is 0 Å². The lowest BCUT2D eigenvalue weighted by Gasteiger charge is -2.20. The SMILES string of the molecule is NC(=O)Cc1cc(Cl)cc2c1OCC(=O)N2. The average Bonchev–Trinajstić information content (AvgIpc) is 2.15. The van der Waals surface area contributed by atoms with Crippen molar-refractivity contribution in [1.82, 2.24) is 0 Å². The van der Waals surface area contributed by atoms with Gasteiger partial charge in [0.25, 0.3) is 5.91 Å². The molecule has 1 aliphatic heterocycles. The fraction of sp³-hybridized carbons (Fsp3) is 0.200. The van der Waals surface area contributed by atoms with Crippen LogP contribution in [-0.4, -0.2) is 18.4 Å². The van der Waals surface area contributed by atoms with Gasteiger partial charge in [0.1, 0.15) is 5.75 Å². The molecule has 1 aromatic rings. The minimum atomic E-state index is -0.482. The summed E-state index contributed by atoms with van der Waals surface area (Å²) < 4.78 is 5.24. The lowest BCUT2D eigenvalue weighted by molar-refractivity contribution is -0.118. The third-order valence-corrected chi connectivity index (χ3v) is 2.34. The Kier molecular flexibility index (Phi) is 2.70. The fourth-order valence-corrected chi connectivity index (χ4v) is 1.80. The number of anilines is 1. The van der Waals surface area contributed by atoms with Crippen LogP contribution in [0.4, 0.5) is 5.69 Å². The molecule has 1 aliphatic rings. The number of halogens is 1. The van der Waals surface area contributed by atoms with Crippen molar-refractivity contribution in [2.75, 3.05) is 11.9 Å². The van der Waals surface area contributed by atoms with E-state index in [0.29, 0.717) is 22.0 Å². The van der Waals surface area contributed by atoms with Gasteiger partial charge in [-0.3, -0.25) is 9.59 Å². The quantitative estimate of drug-likeness (QED) is 0.798. The Morgan fingerprint density at radius 2 is 2.31 bits per heavy atom. The van der Waals surface area contributed by atoms with Crippen molar-refractivity contribution in [3.05, 3.63) is 22.7 Å². The third kappa shape index (κ3) is 2.09. The van der Waals surface area contributed by atoms with Crippen molar-refractivity contribution in [3.63, 3.8) is 0 Å². The molecule has 0 saturated heterocycles. The molecular formula is C10H9ClN2O3. The summed E-state index contributed by atoms with van der Waals surface area (Å²) in [5, 5.41) is 3.03. The van der Waals surface area contributed by atoms with E-state index < -0.39 is 5.91 Å². The number of hydrogen-bond donors (Lipinski definition) is 2. The summed E-state index contributed by atoms with van der Waals surface area (Å²) >= 11 is 5.85. The summed E-state index contributed by atoms with van der Waals surface area (Å²) in [4.78, 5) is 22.0. The number of amides is 2. The van der Waals surface area contributed by atoms with Crippen molar-refractivity contribution >= 4 is 29.1 Å². The number of ether oxygens (including phenoxy) is 1. The molecule has 0 spiro atoms. The number of benzene rings is 1. The topological polar surface area (TPSA) is 81.4 Å². The number of nitrogens with one attached hydrogen (secondary N) is 1. The normalized spacial score (nSPS) is 13.7. The molecule has 1 aromatic carbocycles. The summed E-state index contributed by atoms with van der Waals surface area (Å²) in [7, 11) is 0. The van der Waals surface area contributed by atoms with E-state index in [9.17, 15) is 9.59 Å². The van der Waals surface area contributed by atoms with Crippen molar-refractivity contribution in [3.8, 4) is 5.75 Å². The number of fused-ring (bicyclic) bond motifs is 1. The zero-order chi connectivity index (χ0) is 11.7. The van der Waals surface area contributed by atoms with E-state index in [2.05, 4.69) is 5.32 Å². The second-order valence-corrected chi connectivity index (χ2v) is 3.86. The van der Waals surface area contributed by atoms with Gasteiger partial charge in [0, 0.05) is 10.6 Å². The van der Waals surface area contributed by atoms with Crippen molar-refractivity contribution in [2.45, 2.75) is 6.42 Å². The molecule has 84 valence electrons. The highest BCUT2D eigenvalue weighted by Crippen LogP contribution is 2.35. The van der Waals surface area contributed by atoms with Crippen molar-refractivity contribution < 1.29 is 14.3 Å². The Bertz CT molecular complexity index is 473. The summed E-state index contributed by atoms with van der Waals surface area (Å²) in [6.45, 7) is -0.0691. The number of carbonyl (C=O) groups excluding carboxylic acids is 2. The van der Waals surface area contributed by atoms with E-state index in [0.717, 1.165) is 0 Å². The maximum atomic E-state index is 11.1. The van der Waals surface area contributed by atoms with Gasteiger partial charge < -0.3 is 15.8 Å². The molecule has 2 amide bonds. The second kappa shape index (κ2) is 4.02. The maximum Gasteiger partial charge on any atom is 0.262 e. The van der Waals surface area contributed by atoms with Gasteiger partial charge in [-0.1, -0.05) is 11.6 Å². The van der Waals surface area contributed by atoms with Crippen LogP contribution >= 0.6 is 11.6 Å². The fourth-order valence-electron chi connectivity index (χ4n) is 1.56. The standard InChI is InChI=1S/C10H9ClN2O3/c11-6-1-5(2-8(12)14)10-7(3-6)13-9(15)4-16-10/h1,3H,2,4H2,(H2,12,14)(H,13,15). The van der Waals surface area contributed by atoms with E-state index in [1.165, 1.54) is 0 Å². The molecule has 0 radical (unpaired) electrons. The summed E-state index contributed by atoms with van der Waals surface area (Å²) in [5.41, 5.74) is 6.16. The van der Waals surface area contributed by atoms with Gasteiger partial charge in [0.15, 0.2) is 6.61 Å². The summed E-state index contributed by atoms with van der Waals surface area (Å²) in [6, 6.07) is 3.17. The Balaban J connectivity index is 2.45. The first-order valence-electron chi connectivity index (χ1n) is 4.59. The first kappa shape index (κ1) is 10.8. The number of carbonyl (C=O) groups is 2. The van der Waals surface area contributed by atoms with Gasteiger partial charge in [-0.25, -0.2) is 0 Å². The molecule has 0 unspecified atom stereocenters. The molecule has 0 bridgehead atoms. The monoisotopic (exact) mass is 240 g/mol. The number of primary amides is 1. The molecule has 2 rings (SSSR count). The van der Waals surface area contributed by atoms with Crippen LogP contribution in [0.15, 0.2) is 12.1 Å². The van der Waals surface area contributed by atoms with Gasteiger partial charge in [-0.05, 0) is 12.1 Å². The number of nitrogens with two attached hydrogens (primary N) is 1. The molecule has 0 aliphatic carbocycles. The number of rotatable bonds is 2. The zero-order valence-corrected chi connectivity index (χ0v) is 9.00. The zero-order valence-electron chi connectivity index (χ0n) is 8.25. The molecule has 6 heteroatoms. The molecule has 0 fully saturated rings. The predicted octanol–water partition coefficient (Wildman–Crippen LogP) is 0.699. The van der Waals surface area contributed by atoms with Gasteiger partial charge in [-0.2, -0.15) is 0 Å². The van der Waals surface area contributed by atoms with Crippen LogP contribution in [0, 0.1) is 0 Å². The van der Waals surface area contributed by atoms with Crippen LogP contribution in [-0.2, 0) is 16.0 Å². The highest BCUT2D eigenvalue weighted by molar-refractivity contribution is 6.31. The highest BCUT2D eigenvalue weighted by Gasteiger charge is 2.20. The molecule has 1 heterocycles. The first-order valence-corrected chi connectivity index (χ1v) is 4.97. The number of hydrogen-bond acceptors (Lipinski definition) is 3. The predicted molar refractivity (Wildman–Crippen MR) is 58.5 cm³/mol. The lowest BCUT2D eigenvalue weighted by atomic mass is 10.1. The van der Waals surface area contributed by atoms with Gasteiger partial charge in [0.2, 0.25) is 5.91 Å². The average molecular weight is 241 g/mol. The molecule has 3 N–H and O–H groups in total. The van der Waals surface area contributed by atoms with Crippen LogP contribution in [0.5, 0.6) is 5.75 Å². The largest absolute Gasteiger partial charge is 0.481 e. The molecule has 0 aromatic heterocycles. The van der Waals surface area contributed by atoms with E-state index in [1.807, 2.05) is 0 Å². The molecular weight excluding hydrogens is 232 g/mol. The van der Waals surface area contributed by atoms with E-state index in [4.69, 9.17) is 22.1 Å². The van der Waals surface area contributed by atoms with Gasteiger partial charge in [-0.15, -0.1) is 0 Å². The Labute approximate surface area is 96.5 Å². The molecule has 0 atom stereocenters. The van der Waals surface area contributed by atoms with Gasteiger partial charge in [0.05, 0.1) is 12.1 Å². The smallest absolute Gasteiger partial charge is 0.262 e. The third-order valence-electron chi connectivity index (χ3n) is 2.12. The van der Waals surface area contributed by atoms with E-state index in [-0.39, 0.29) is 18.9 Å². The minimum absolute atomic E-state index is 0.0266. The van der Waals surface area contributed by atoms with Crippen LogP contribution < -0.4 is 15.8 Å². The maximum absolute atomic E-state index is 11.1. The summed E-state index contributed by atoms with van der Waals surface area (Å²) in [5.74, 6) is -0.271. The van der Waals surface area contributed by atoms with Gasteiger partial charge >= 0.3 is 0 Å². The second-order valence-electron chi connectivity index (χ2n) is 3.42. The first-order chi connectivity index (χ1) is 7.56. The van der Waals surface area contributed by atoms with Crippen molar-refractivity contribution in [1.29, 1.82) is 0 Å². The minimum Gasteiger partial charge on any atom is -0.481 e. The van der Waals surface area contributed by atoms with Crippen LogP contribution in [0.2, 0.25) is 5.02 Å². The lowest BCUT2D eigenvalue weighted by Crippen LogP contribution is -2.26. The molecule has 16 heavy (non-hydrogen) atoms. The van der Waals surface area contributed by atoms with E-state index >= 15 is 0 Å². The Morgan fingerprint density at radius 1 is 1.56 bits per heavy atom. The highest BCUT2D eigenvalue weighted by atomic mass is 35.5. The van der Waals surface area contributed by atoms with Crippen molar-refractivity contribution in [2.24, 2.45) is 5.73 Å².